The van der Waals surface area contributed by atoms with Gasteiger partial charge in [-0.15, -0.1) is 0 Å². The fourth-order valence-electron chi connectivity index (χ4n) is 2.03. The van der Waals surface area contributed by atoms with Crippen LogP contribution in [-0.4, -0.2) is 17.6 Å². The van der Waals surface area contributed by atoms with Crippen LogP contribution in [0.15, 0.2) is 54.6 Å². The van der Waals surface area contributed by atoms with Crippen molar-refractivity contribution in [1.29, 1.82) is 0 Å². The monoisotopic (exact) mass is 291 g/mol. The fourth-order valence-corrected chi connectivity index (χ4v) is 2.03. The number of hydrogen-bond acceptors (Lipinski definition) is 2. The van der Waals surface area contributed by atoms with Crippen molar-refractivity contribution in [1.82, 2.24) is 0 Å². The van der Waals surface area contributed by atoms with Crippen molar-refractivity contribution in [2.45, 2.75) is 13.0 Å². The molecular weight excluding hydrogens is 276 g/mol. The summed E-state index contributed by atoms with van der Waals surface area (Å²) < 4.78 is 25.0. The number of anilines is 1. The van der Waals surface area contributed by atoms with Crippen molar-refractivity contribution in [3.05, 3.63) is 65.7 Å². The number of aliphatic carboxylic acids is 1. The molecule has 0 spiro atoms. The second-order valence-electron chi connectivity index (χ2n) is 4.63. The molecule has 0 aliphatic rings. The lowest BCUT2D eigenvalue weighted by molar-refractivity contribution is -0.135. The Bertz CT molecular complexity index is 585. The van der Waals surface area contributed by atoms with Crippen molar-refractivity contribution in [3.63, 3.8) is 0 Å². The molecule has 5 heteroatoms. The van der Waals surface area contributed by atoms with Gasteiger partial charge in [-0.05, 0) is 17.7 Å². The SMILES string of the molecule is O=C(O)CN(Cc1ccc(C(F)F)cc1)c1ccccc1. The highest BCUT2D eigenvalue weighted by Gasteiger charge is 2.12. The quantitative estimate of drug-likeness (QED) is 0.882. The zero-order chi connectivity index (χ0) is 15.2. The molecule has 110 valence electrons. The zero-order valence-corrected chi connectivity index (χ0v) is 11.2. The number of para-hydroxylation sites is 1. The van der Waals surface area contributed by atoms with E-state index in [1.165, 1.54) is 12.1 Å². The van der Waals surface area contributed by atoms with E-state index < -0.39 is 12.4 Å². The Balaban J connectivity index is 2.17. The number of carboxylic acids is 1. The first kappa shape index (κ1) is 15.0. The van der Waals surface area contributed by atoms with E-state index in [1.807, 2.05) is 30.3 Å². The average Bonchev–Trinajstić information content (AvgIpc) is 2.47. The molecule has 0 saturated carbocycles. The Labute approximate surface area is 121 Å². The zero-order valence-electron chi connectivity index (χ0n) is 11.2. The minimum absolute atomic E-state index is 0.0387. The third kappa shape index (κ3) is 4.27. The van der Waals surface area contributed by atoms with Crippen LogP contribution in [0.3, 0.4) is 0 Å². The van der Waals surface area contributed by atoms with E-state index in [2.05, 4.69) is 0 Å². The number of carboxylic acid groups (broad SMARTS) is 1. The van der Waals surface area contributed by atoms with Crippen LogP contribution >= 0.6 is 0 Å². The van der Waals surface area contributed by atoms with E-state index in [-0.39, 0.29) is 12.1 Å². The smallest absolute Gasteiger partial charge is 0.323 e. The highest BCUT2D eigenvalue weighted by Crippen LogP contribution is 2.21. The van der Waals surface area contributed by atoms with Crippen molar-refractivity contribution in [3.8, 4) is 0 Å². The minimum Gasteiger partial charge on any atom is -0.480 e. The normalized spacial score (nSPS) is 10.6. The lowest BCUT2D eigenvalue weighted by atomic mass is 10.1. The summed E-state index contributed by atoms with van der Waals surface area (Å²) in [5.41, 5.74) is 1.52. The molecule has 0 unspecified atom stereocenters. The lowest BCUT2D eigenvalue weighted by Gasteiger charge is -2.23. The van der Waals surface area contributed by atoms with Crippen LogP contribution in [0.4, 0.5) is 14.5 Å². The second kappa shape index (κ2) is 6.83. The summed E-state index contributed by atoms with van der Waals surface area (Å²) in [6.45, 7) is 0.195. The maximum Gasteiger partial charge on any atom is 0.323 e. The van der Waals surface area contributed by atoms with Gasteiger partial charge in [-0.2, -0.15) is 0 Å². The van der Waals surface area contributed by atoms with E-state index in [4.69, 9.17) is 5.11 Å². The Kier molecular flexibility index (Phi) is 4.87. The van der Waals surface area contributed by atoms with Crippen LogP contribution in [-0.2, 0) is 11.3 Å². The van der Waals surface area contributed by atoms with E-state index in [1.54, 1.807) is 17.0 Å². The fraction of sp³-hybridized carbons (Fsp3) is 0.188. The highest BCUT2D eigenvalue weighted by atomic mass is 19.3. The maximum absolute atomic E-state index is 12.5. The van der Waals surface area contributed by atoms with Crippen LogP contribution in [0.5, 0.6) is 0 Å². The van der Waals surface area contributed by atoms with Crippen LogP contribution in [0.1, 0.15) is 17.6 Å². The Hall–Kier alpha value is -2.43. The molecule has 0 heterocycles. The van der Waals surface area contributed by atoms with Gasteiger partial charge in [-0.25, -0.2) is 8.78 Å². The van der Waals surface area contributed by atoms with Crippen LogP contribution in [0.25, 0.3) is 0 Å². The van der Waals surface area contributed by atoms with E-state index in [0.717, 1.165) is 11.3 Å². The van der Waals surface area contributed by atoms with Gasteiger partial charge in [0.05, 0.1) is 0 Å². The number of benzene rings is 2. The Morgan fingerprint density at radius 3 is 2.19 bits per heavy atom. The first-order chi connectivity index (χ1) is 10.1. The van der Waals surface area contributed by atoms with Crippen LogP contribution in [0, 0.1) is 0 Å². The van der Waals surface area contributed by atoms with Crippen molar-refractivity contribution < 1.29 is 18.7 Å². The van der Waals surface area contributed by atoms with Gasteiger partial charge in [-0.1, -0.05) is 42.5 Å². The molecule has 1 N–H and O–H groups in total. The molecule has 0 aliphatic carbocycles. The van der Waals surface area contributed by atoms with Gasteiger partial charge in [-0.3, -0.25) is 4.79 Å². The van der Waals surface area contributed by atoms with Gasteiger partial charge >= 0.3 is 5.97 Å². The molecule has 0 bridgehead atoms. The molecule has 0 amide bonds. The average molecular weight is 291 g/mol. The summed E-state index contributed by atoms with van der Waals surface area (Å²) in [6, 6.07) is 15.0. The summed E-state index contributed by atoms with van der Waals surface area (Å²) in [4.78, 5) is 12.7. The molecular formula is C16H15F2NO2. The number of carbonyl (C=O) groups is 1. The van der Waals surface area contributed by atoms with E-state index in [9.17, 15) is 13.6 Å². The largest absolute Gasteiger partial charge is 0.480 e. The maximum atomic E-state index is 12.5. The molecule has 2 rings (SSSR count). The number of hydrogen-bond donors (Lipinski definition) is 1. The van der Waals surface area contributed by atoms with Gasteiger partial charge in [0.25, 0.3) is 6.43 Å². The molecule has 0 saturated heterocycles. The molecule has 2 aromatic rings. The molecule has 0 radical (unpaired) electrons. The molecule has 21 heavy (non-hydrogen) atoms. The predicted octanol–water partition coefficient (Wildman–Crippen LogP) is 3.72. The van der Waals surface area contributed by atoms with Crippen molar-refractivity contribution in [2.24, 2.45) is 0 Å². The predicted molar refractivity (Wildman–Crippen MR) is 76.5 cm³/mol. The minimum atomic E-state index is -2.50. The topological polar surface area (TPSA) is 40.5 Å². The van der Waals surface area contributed by atoms with Gasteiger partial charge in [0.2, 0.25) is 0 Å². The van der Waals surface area contributed by atoms with Crippen LogP contribution in [0.2, 0.25) is 0 Å². The Morgan fingerprint density at radius 1 is 1.05 bits per heavy atom. The standard InChI is InChI=1S/C16H15F2NO2/c17-16(18)13-8-6-12(7-9-13)10-19(11-15(20)21)14-4-2-1-3-5-14/h1-9,16H,10-11H2,(H,20,21). The van der Waals surface area contributed by atoms with Crippen molar-refractivity contribution >= 4 is 11.7 Å². The van der Waals surface area contributed by atoms with E-state index >= 15 is 0 Å². The summed E-state index contributed by atoms with van der Waals surface area (Å²) in [5, 5.41) is 9.00. The first-order valence-electron chi connectivity index (χ1n) is 6.45. The second-order valence-corrected chi connectivity index (χ2v) is 4.63. The third-order valence-electron chi connectivity index (χ3n) is 3.05. The number of halogens is 2. The lowest BCUT2D eigenvalue weighted by Crippen LogP contribution is -2.29. The van der Waals surface area contributed by atoms with Gasteiger partial charge < -0.3 is 10.0 Å². The number of alkyl halides is 2. The van der Waals surface area contributed by atoms with Gasteiger partial charge in [0.1, 0.15) is 6.54 Å². The molecule has 0 atom stereocenters. The molecule has 3 nitrogen and oxygen atoms in total. The van der Waals surface area contributed by atoms with Crippen LogP contribution < -0.4 is 4.90 Å². The molecule has 0 aromatic heterocycles. The van der Waals surface area contributed by atoms with E-state index in [0.29, 0.717) is 6.54 Å². The van der Waals surface area contributed by atoms with Crippen molar-refractivity contribution in [2.75, 3.05) is 11.4 Å². The number of nitrogens with zero attached hydrogens (tertiary/aromatic N) is 1. The summed E-state index contributed by atoms with van der Waals surface area (Å²) in [7, 11) is 0. The van der Waals surface area contributed by atoms with Gasteiger partial charge in [0, 0.05) is 17.8 Å². The molecule has 2 aromatic carbocycles. The highest BCUT2D eigenvalue weighted by molar-refractivity contribution is 5.73. The molecule has 0 fully saturated rings. The summed E-state index contributed by atoms with van der Waals surface area (Å²) in [6.07, 6.45) is -2.50. The molecule has 0 aliphatic heterocycles. The number of rotatable bonds is 6. The van der Waals surface area contributed by atoms with Gasteiger partial charge in [0.15, 0.2) is 0 Å². The summed E-state index contributed by atoms with van der Waals surface area (Å²) in [5.74, 6) is -0.942. The third-order valence-corrected chi connectivity index (χ3v) is 3.05. The summed E-state index contributed by atoms with van der Waals surface area (Å²) >= 11 is 0. The Morgan fingerprint density at radius 2 is 1.67 bits per heavy atom. The first-order valence-corrected chi connectivity index (χ1v) is 6.45.